The van der Waals surface area contributed by atoms with Crippen molar-refractivity contribution in [2.45, 2.75) is 38.6 Å². The van der Waals surface area contributed by atoms with Crippen molar-refractivity contribution in [3.63, 3.8) is 0 Å². The van der Waals surface area contributed by atoms with Crippen molar-refractivity contribution >= 4 is 5.91 Å². The van der Waals surface area contributed by atoms with Crippen molar-refractivity contribution in [1.82, 2.24) is 4.90 Å². The van der Waals surface area contributed by atoms with Crippen molar-refractivity contribution in [3.8, 4) is 6.07 Å². The summed E-state index contributed by atoms with van der Waals surface area (Å²) in [6.45, 7) is 1.59. The van der Waals surface area contributed by atoms with Crippen molar-refractivity contribution in [2.24, 2.45) is 5.92 Å². The molecule has 0 radical (unpaired) electrons. The van der Waals surface area contributed by atoms with Gasteiger partial charge in [0.1, 0.15) is 0 Å². The second kappa shape index (κ2) is 4.27. The Bertz CT molecular complexity index is 224. The van der Waals surface area contributed by atoms with Gasteiger partial charge in [0.15, 0.2) is 0 Å². The number of rotatable bonds is 1. The summed E-state index contributed by atoms with van der Waals surface area (Å²) in [6.07, 6.45) is 3.85. The molecule has 1 aliphatic rings. The predicted octanol–water partition coefficient (Wildman–Crippen LogP) is 1.55. The first kappa shape index (κ1) is 10.0. The minimum absolute atomic E-state index is 0.125. The second-order valence-corrected chi connectivity index (χ2v) is 3.76. The lowest BCUT2D eigenvalue weighted by Crippen LogP contribution is -2.37. The van der Waals surface area contributed by atoms with Crippen LogP contribution in [0.4, 0.5) is 0 Å². The van der Waals surface area contributed by atoms with Crippen molar-refractivity contribution in [2.75, 3.05) is 7.05 Å². The molecule has 13 heavy (non-hydrogen) atoms. The highest BCUT2D eigenvalue weighted by molar-refractivity contribution is 5.73. The predicted molar refractivity (Wildman–Crippen MR) is 49.8 cm³/mol. The van der Waals surface area contributed by atoms with Gasteiger partial charge in [0.2, 0.25) is 5.91 Å². The van der Waals surface area contributed by atoms with Gasteiger partial charge in [-0.2, -0.15) is 5.26 Å². The lowest BCUT2D eigenvalue weighted by Gasteiger charge is -2.32. The van der Waals surface area contributed by atoms with E-state index in [-0.39, 0.29) is 11.8 Å². The average molecular weight is 180 g/mol. The van der Waals surface area contributed by atoms with E-state index < -0.39 is 0 Å². The molecule has 0 spiro atoms. The van der Waals surface area contributed by atoms with Gasteiger partial charge in [-0.25, -0.2) is 0 Å². The Morgan fingerprint density at radius 3 is 2.31 bits per heavy atom. The van der Waals surface area contributed by atoms with Gasteiger partial charge in [0, 0.05) is 25.9 Å². The quantitative estimate of drug-likeness (QED) is 0.614. The Labute approximate surface area is 79.3 Å². The highest BCUT2D eigenvalue weighted by atomic mass is 16.2. The smallest absolute Gasteiger partial charge is 0.219 e. The molecule has 0 atom stereocenters. The summed E-state index contributed by atoms with van der Waals surface area (Å²) in [5, 5.41) is 8.69. The zero-order valence-electron chi connectivity index (χ0n) is 8.29. The fourth-order valence-corrected chi connectivity index (χ4v) is 1.85. The fourth-order valence-electron chi connectivity index (χ4n) is 1.85. The first-order valence-electron chi connectivity index (χ1n) is 4.78. The number of hydrogen-bond acceptors (Lipinski definition) is 2. The number of hydrogen-bond donors (Lipinski definition) is 0. The number of nitriles is 1. The molecule has 0 aromatic heterocycles. The maximum atomic E-state index is 11.1. The minimum Gasteiger partial charge on any atom is -0.343 e. The molecule has 1 rings (SSSR count). The molecular weight excluding hydrogens is 164 g/mol. The van der Waals surface area contributed by atoms with Crippen LogP contribution in [0.15, 0.2) is 0 Å². The minimum atomic E-state index is 0.125. The summed E-state index contributed by atoms with van der Waals surface area (Å²) in [7, 11) is 1.85. The number of carbonyl (C=O) groups excluding carboxylic acids is 1. The molecular formula is C10H16N2O. The van der Waals surface area contributed by atoms with Crippen LogP contribution in [0, 0.1) is 17.2 Å². The van der Waals surface area contributed by atoms with Gasteiger partial charge >= 0.3 is 0 Å². The van der Waals surface area contributed by atoms with E-state index in [9.17, 15) is 4.79 Å². The highest BCUT2D eigenvalue weighted by Gasteiger charge is 2.24. The summed E-state index contributed by atoms with van der Waals surface area (Å²) in [4.78, 5) is 12.9. The van der Waals surface area contributed by atoms with Gasteiger partial charge in [0.05, 0.1) is 6.07 Å². The van der Waals surface area contributed by atoms with Crippen LogP contribution in [-0.2, 0) is 4.79 Å². The Hall–Kier alpha value is -1.04. The van der Waals surface area contributed by atoms with Crippen molar-refractivity contribution < 1.29 is 4.79 Å². The van der Waals surface area contributed by atoms with E-state index in [2.05, 4.69) is 6.07 Å². The van der Waals surface area contributed by atoms with Crippen LogP contribution in [0.3, 0.4) is 0 Å². The average Bonchev–Trinajstić information content (AvgIpc) is 2.17. The summed E-state index contributed by atoms with van der Waals surface area (Å²) in [5.41, 5.74) is 0. The van der Waals surface area contributed by atoms with Crippen LogP contribution in [0.2, 0.25) is 0 Å². The molecule has 0 heterocycles. The van der Waals surface area contributed by atoms with E-state index in [1.807, 2.05) is 7.05 Å². The van der Waals surface area contributed by atoms with Gasteiger partial charge in [-0.3, -0.25) is 4.79 Å². The Morgan fingerprint density at radius 2 is 1.92 bits per heavy atom. The molecule has 3 heteroatoms. The molecule has 1 saturated carbocycles. The maximum absolute atomic E-state index is 11.1. The van der Waals surface area contributed by atoms with Crippen LogP contribution in [0.25, 0.3) is 0 Å². The van der Waals surface area contributed by atoms with E-state index in [0.29, 0.717) is 6.04 Å². The van der Waals surface area contributed by atoms with Gasteiger partial charge in [-0.05, 0) is 25.7 Å². The Morgan fingerprint density at radius 1 is 1.38 bits per heavy atom. The number of carbonyl (C=O) groups is 1. The molecule has 72 valence electrons. The molecule has 3 nitrogen and oxygen atoms in total. The lowest BCUT2D eigenvalue weighted by molar-refractivity contribution is -0.130. The van der Waals surface area contributed by atoms with Gasteiger partial charge < -0.3 is 4.90 Å². The molecule has 0 saturated heterocycles. The third kappa shape index (κ3) is 2.45. The molecule has 0 unspecified atom stereocenters. The summed E-state index contributed by atoms with van der Waals surface area (Å²) in [6, 6.07) is 2.65. The van der Waals surface area contributed by atoms with Gasteiger partial charge in [-0.15, -0.1) is 0 Å². The third-order valence-corrected chi connectivity index (χ3v) is 2.92. The fraction of sp³-hybridized carbons (Fsp3) is 0.800. The van der Waals surface area contributed by atoms with E-state index in [1.54, 1.807) is 11.8 Å². The monoisotopic (exact) mass is 180 g/mol. The third-order valence-electron chi connectivity index (χ3n) is 2.92. The Balaban J connectivity index is 2.41. The highest BCUT2D eigenvalue weighted by Crippen LogP contribution is 2.26. The largest absolute Gasteiger partial charge is 0.343 e. The van der Waals surface area contributed by atoms with Crippen LogP contribution >= 0.6 is 0 Å². The molecule has 0 N–H and O–H groups in total. The van der Waals surface area contributed by atoms with Crippen LogP contribution in [0.1, 0.15) is 32.6 Å². The molecule has 0 bridgehead atoms. The van der Waals surface area contributed by atoms with Crippen LogP contribution in [-0.4, -0.2) is 23.9 Å². The molecule has 0 aliphatic heterocycles. The topological polar surface area (TPSA) is 44.1 Å². The van der Waals surface area contributed by atoms with Crippen molar-refractivity contribution in [3.05, 3.63) is 0 Å². The molecule has 1 amide bonds. The zero-order valence-corrected chi connectivity index (χ0v) is 8.29. The first-order valence-corrected chi connectivity index (χ1v) is 4.78. The number of amides is 1. The zero-order chi connectivity index (χ0) is 9.84. The van der Waals surface area contributed by atoms with Gasteiger partial charge in [-0.1, -0.05) is 0 Å². The van der Waals surface area contributed by atoms with E-state index >= 15 is 0 Å². The lowest BCUT2D eigenvalue weighted by atomic mass is 9.86. The normalized spacial score (nSPS) is 27.8. The summed E-state index contributed by atoms with van der Waals surface area (Å²) >= 11 is 0. The second-order valence-electron chi connectivity index (χ2n) is 3.76. The van der Waals surface area contributed by atoms with Crippen LogP contribution < -0.4 is 0 Å². The van der Waals surface area contributed by atoms with E-state index in [0.717, 1.165) is 25.7 Å². The van der Waals surface area contributed by atoms with Crippen molar-refractivity contribution in [1.29, 1.82) is 5.26 Å². The Kier molecular flexibility index (Phi) is 3.30. The van der Waals surface area contributed by atoms with Gasteiger partial charge in [0.25, 0.3) is 0 Å². The van der Waals surface area contributed by atoms with Crippen LogP contribution in [0.5, 0.6) is 0 Å². The standard InChI is InChI=1S/C10H16N2O/c1-8(13)12(2)10-5-3-9(7-11)4-6-10/h9-10H,3-6H2,1-2H3. The molecule has 0 aromatic carbocycles. The first-order chi connectivity index (χ1) is 6.15. The van der Waals surface area contributed by atoms with E-state index in [4.69, 9.17) is 5.26 Å². The SMILES string of the molecule is CC(=O)N(C)C1CCC(C#N)CC1. The number of nitrogens with zero attached hydrogens (tertiary/aromatic N) is 2. The molecule has 1 fully saturated rings. The summed E-state index contributed by atoms with van der Waals surface area (Å²) < 4.78 is 0. The van der Waals surface area contributed by atoms with E-state index in [1.165, 1.54) is 0 Å². The summed E-state index contributed by atoms with van der Waals surface area (Å²) in [5.74, 6) is 0.344. The molecule has 0 aromatic rings. The molecule has 1 aliphatic carbocycles. The maximum Gasteiger partial charge on any atom is 0.219 e.